The first-order chi connectivity index (χ1) is 9.72. The third-order valence-corrected chi connectivity index (χ3v) is 3.25. The largest absolute Gasteiger partial charge is 0.493 e. The van der Waals surface area contributed by atoms with E-state index in [4.69, 9.17) is 4.74 Å². The van der Waals surface area contributed by atoms with Crippen molar-refractivity contribution in [3.8, 4) is 5.75 Å². The molecular weight excluding hydrogens is 256 g/mol. The lowest BCUT2D eigenvalue weighted by Gasteiger charge is -2.16. The third-order valence-electron chi connectivity index (χ3n) is 3.25. The Morgan fingerprint density at radius 1 is 1.25 bits per heavy atom. The molecule has 0 amide bonds. The van der Waals surface area contributed by atoms with Crippen molar-refractivity contribution in [2.45, 2.75) is 45.9 Å². The lowest BCUT2D eigenvalue weighted by atomic mass is 10.1. The van der Waals surface area contributed by atoms with E-state index < -0.39 is 6.10 Å². The summed E-state index contributed by atoms with van der Waals surface area (Å²) in [4.78, 5) is 4.14. The summed E-state index contributed by atoms with van der Waals surface area (Å²) in [6.45, 7) is 5.75. The fraction of sp³-hybridized carbons (Fsp3) is 0.571. The number of methoxy groups -OCH3 is 1. The molecule has 6 nitrogen and oxygen atoms in total. The molecule has 0 saturated carbocycles. The topological polar surface area (TPSA) is 65.1 Å². The number of hydrogen-bond acceptors (Lipinski definition) is 4. The first-order valence-corrected chi connectivity index (χ1v) is 7.00. The molecule has 0 fully saturated rings. The molecule has 1 N–H and O–H groups in total. The summed E-state index contributed by atoms with van der Waals surface area (Å²) < 4.78 is 9.08. The zero-order valence-electron chi connectivity index (χ0n) is 12.3. The lowest BCUT2D eigenvalue weighted by Crippen LogP contribution is -2.14. The van der Waals surface area contributed by atoms with Gasteiger partial charge < -0.3 is 14.4 Å². The van der Waals surface area contributed by atoms with Crippen molar-refractivity contribution in [1.29, 1.82) is 0 Å². The van der Waals surface area contributed by atoms with Gasteiger partial charge in [0, 0.05) is 13.1 Å². The minimum Gasteiger partial charge on any atom is -0.493 e. The Morgan fingerprint density at radius 2 is 2.00 bits per heavy atom. The fourth-order valence-corrected chi connectivity index (χ4v) is 2.33. The number of nitrogens with zero attached hydrogens (tertiary/aromatic N) is 4. The summed E-state index contributed by atoms with van der Waals surface area (Å²) in [5.41, 5.74) is 1.45. The van der Waals surface area contributed by atoms with Crippen LogP contribution < -0.4 is 4.74 Å². The van der Waals surface area contributed by atoms with E-state index >= 15 is 0 Å². The van der Waals surface area contributed by atoms with Crippen LogP contribution in [0.4, 0.5) is 0 Å². The standard InChI is InChI=1S/C14H22N4O2/c1-4-6-17-10-15-8-11(17)14(19)13-12(20-3)9-16-18(13)7-5-2/h8-10,14,19H,4-7H2,1-3H3. The van der Waals surface area contributed by atoms with E-state index in [1.165, 1.54) is 0 Å². The van der Waals surface area contributed by atoms with Crippen LogP contribution in [0.3, 0.4) is 0 Å². The van der Waals surface area contributed by atoms with Gasteiger partial charge in [-0.1, -0.05) is 13.8 Å². The zero-order chi connectivity index (χ0) is 14.5. The van der Waals surface area contributed by atoms with Crippen LogP contribution in [0.2, 0.25) is 0 Å². The van der Waals surface area contributed by atoms with Crippen LogP contribution in [0.5, 0.6) is 5.75 Å². The molecule has 0 aliphatic heterocycles. The maximum absolute atomic E-state index is 10.7. The monoisotopic (exact) mass is 278 g/mol. The normalized spacial score (nSPS) is 12.6. The van der Waals surface area contributed by atoms with Crippen molar-refractivity contribution in [2.24, 2.45) is 0 Å². The Bertz CT molecular complexity index is 547. The highest BCUT2D eigenvalue weighted by atomic mass is 16.5. The summed E-state index contributed by atoms with van der Waals surface area (Å²) >= 11 is 0. The minimum atomic E-state index is -0.784. The number of aromatic nitrogens is 4. The molecule has 110 valence electrons. The van der Waals surface area contributed by atoms with E-state index in [0.29, 0.717) is 11.4 Å². The van der Waals surface area contributed by atoms with E-state index in [9.17, 15) is 5.11 Å². The first kappa shape index (κ1) is 14.6. The van der Waals surface area contributed by atoms with Gasteiger partial charge >= 0.3 is 0 Å². The average molecular weight is 278 g/mol. The van der Waals surface area contributed by atoms with Crippen molar-refractivity contribution in [3.05, 3.63) is 30.1 Å². The predicted molar refractivity (Wildman–Crippen MR) is 75.6 cm³/mol. The summed E-state index contributed by atoms with van der Waals surface area (Å²) in [5.74, 6) is 0.607. The molecule has 0 aromatic carbocycles. The van der Waals surface area contributed by atoms with Gasteiger partial charge in [0.15, 0.2) is 5.75 Å². The van der Waals surface area contributed by atoms with E-state index in [-0.39, 0.29) is 0 Å². The molecule has 0 saturated heterocycles. The maximum Gasteiger partial charge on any atom is 0.163 e. The smallest absolute Gasteiger partial charge is 0.163 e. The van der Waals surface area contributed by atoms with Gasteiger partial charge in [-0.05, 0) is 12.8 Å². The van der Waals surface area contributed by atoms with Crippen LogP contribution in [-0.4, -0.2) is 31.5 Å². The third kappa shape index (κ3) is 2.70. The summed E-state index contributed by atoms with van der Waals surface area (Å²) in [6, 6.07) is 0. The molecule has 2 aromatic rings. The Labute approximate surface area is 119 Å². The van der Waals surface area contributed by atoms with E-state index in [1.54, 1.807) is 30.5 Å². The SMILES string of the molecule is CCCn1cncc1C(O)c1c(OC)cnn1CCC. The van der Waals surface area contributed by atoms with Crippen molar-refractivity contribution >= 4 is 0 Å². The molecule has 6 heteroatoms. The molecule has 2 aromatic heterocycles. The average Bonchev–Trinajstić information content (AvgIpc) is 3.05. The Morgan fingerprint density at radius 3 is 2.65 bits per heavy atom. The number of imidazole rings is 1. The van der Waals surface area contributed by atoms with E-state index in [1.807, 2.05) is 4.57 Å². The highest BCUT2D eigenvalue weighted by molar-refractivity contribution is 5.32. The van der Waals surface area contributed by atoms with Crippen LogP contribution in [-0.2, 0) is 13.1 Å². The number of aliphatic hydroxyl groups excluding tert-OH is 1. The van der Waals surface area contributed by atoms with Crippen molar-refractivity contribution < 1.29 is 9.84 Å². The molecule has 2 heterocycles. The highest BCUT2D eigenvalue weighted by Crippen LogP contribution is 2.30. The molecule has 0 radical (unpaired) electrons. The molecule has 0 spiro atoms. The van der Waals surface area contributed by atoms with Crippen LogP contribution >= 0.6 is 0 Å². The molecule has 1 atom stereocenters. The molecule has 0 aliphatic rings. The van der Waals surface area contributed by atoms with Gasteiger partial charge in [-0.3, -0.25) is 4.68 Å². The predicted octanol–water partition coefficient (Wildman–Crippen LogP) is 1.99. The van der Waals surface area contributed by atoms with Gasteiger partial charge in [0.1, 0.15) is 11.8 Å². The first-order valence-electron chi connectivity index (χ1n) is 7.00. The Kier molecular flexibility index (Phi) is 4.79. The number of ether oxygens (including phenoxy) is 1. The van der Waals surface area contributed by atoms with E-state index in [2.05, 4.69) is 23.9 Å². The van der Waals surface area contributed by atoms with Crippen molar-refractivity contribution in [3.63, 3.8) is 0 Å². The molecule has 20 heavy (non-hydrogen) atoms. The van der Waals surface area contributed by atoms with Crippen LogP contribution in [0, 0.1) is 0 Å². The molecule has 2 rings (SSSR count). The number of hydrogen-bond donors (Lipinski definition) is 1. The molecular formula is C14H22N4O2. The Hall–Kier alpha value is -1.82. The van der Waals surface area contributed by atoms with Crippen molar-refractivity contribution in [2.75, 3.05) is 7.11 Å². The minimum absolute atomic E-state index is 0.607. The van der Waals surface area contributed by atoms with Gasteiger partial charge in [-0.15, -0.1) is 0 Å². The van der Waals surface area contributed by atoms with Gasteiger partial charge in [0.05, 0.1) is 31.5 Å². The quantitative estimate of drug-likeness (QED) is 0.841. The highest BCUT2D eigenvalue weighted by Gasteiger charge is 2.24. The second-order valence-corrected chi connectivity index (χ2v) is 4.74. The van der Waals surface area contributed by atoms with Crippen LogP contribution in [0.25, 0.3) is 0 Å². The van der Waals surface area contributed by atoms with Gasteiger partial charge in [0.25, 0.3) is 0 Å². The zero-order valence-corrected chi connectivity index (χ0v) is 12.3. The van der Waals surface area contributed by atoms with Crippen molar-refractivity contribution in [1.82, 2.24) is 19.3 Å². The van der Waals surface area contributed by atoms with Gasteiger partial charge in [-0.25, -0.2) is 4.98 Å². The fourth-order valence-electron chi connectivity index (χ4n) is 2.33. The van der Waals surface area contributed by atoms with Crippen LogP contribution in [0.15, 0.2) is 18.7 Å². The Balaban J connectivity index is 2.38. The number of rotatable bonds is 7. The molecule has 0 aliphatic carbocycles. The number of aliphatic hydroxyl groups is 1. The van der Waals surface area contributed by atoms with Gasteiger partial charge in [-0.2, -0.15) is 5.10 Å². The van der Waals surface area contributed by atoms with Gasteiger partial charge in [0.2, 0.25) is 0 Å². The summed E-state index contributed by atoms with van der Waals surface area (Å²) in [5, 5.41) is 15.0. The maximum atomic E-state index is 10.7. The summed E-state index contributed by atoms with van der Waals surface area (Å²) in [7, 11) is 1.59. The lowest BCUT2D eigenvalue weighted by molar-refractivity contribution is 0.192. The molecule has 0 bridgehead atoms. The molecule has 1 unspecified atom stereocenters. The second-order valence-electron chi connectivity index (χ2n) is 4.74. The van der Waals surface area contributed by atoms with E-state index in [0.717, 1.165) is 31.6 Å². The van der Waals surface area contributed by atoms with Crippen LogP contribution in [0.1, 0.15) is 44.2 Å². The second kappa shape index (κ2) is 6.56. The number of aryl methyl sites for hydroxylation is 2. The summed E-state index contributed by atoms with van der Waals surface area (Å²) in [6.07, 6.45) is 6.24.